The number of tetrazole rings is 1. The second-order valence-electron chi connectivity index (χ2n) is 5.74. The van der Waals surface area contributed by atoms with Gasteiger partial charge in [0.1, 0.15) is 0 Å². The molecule has 4 rings (SSSR count). The van der Waals surface area contributed by atoms with Crippen molar-refractivity contribution in [1.29, 1.82) is 0 Å². The molecule has 0 aliphatic carbocycles. The van der Waals surface area contributed by atoms with Gasteiger partial charge in [-0.25, -0.2) is 0 Å². The van der Waals surface area contributed by atoms with Crippen LogP contribution in [0.1, 0.15) is 25.7 Å². The largest absolute Gasteiger partial charge is 0.355 e. The van der Waals surface area contributed by atoms with Gasteiger partial charge in [-0.2, -0.15) is 4.52 Å². The molecule has 20 heavy (non-hydrogen) atoms. The monoisotopic (exact) mass is 273 g/mol. The fraction of sp³-hybridized carbons (Fsp3) is 0.692. The van der Waals surface area contributed by atoms with Crippen molar-refractivity contribution < 1.29 is 0 Å². The van der Waals surface area contributed by atoms with Crippen molar-refractivity contribution in [2.45, 2.75) is 31.7 Å². The second kappa shape index (κ2) is 4.97. The molecule has 4 heterocycles. The Morgan fingerprint density at radius 2 is 2.05 bits per heavy atom. The predicted molar refractivity (Wildman–Crippen MR) is 74.5 cm³/mol. The van der Waals surface area contributed by atoms with E-state index in [-0.39, 0.29) is 0 Å². The zero-order valence-corrected chi connectivity index (χ0v) is 11.4. The van der Waals surface area contributed by atoms with E-state index in [2.05, 4.69) is 30.7 Å². The van der Waals surface area contributed by atoms with Gasteiger partial charge in [-0.3, -0.25) is 4.98 Å². The SMILES string of the molecule is c1ncc2nnnn2c1N1CCC(C2CCCN2)CC1. The molecule has 106 valence electrons. The molecule has 1 N–H and O–H groups in total. The van der Waals surface area contributed by atoms with Gasteiger partial charge >= 0.3 is 0 Å². The maximum Gasteiger partial charge on any atom is 0.199 e. The lowest BCUT2D eigenvalue weighted by Crippen LogP contribution is -2.41. The van der Waals surface area contributed by atoms with Crippen LogP contribution in [0.15, 0.2) is 12.4 Å². The molecule has 7 heteroatoms. The van der Waals surface area contributed by atoms with Crippen LogP contribution in [-0.2, 0) is 0 Å². The van der Waals surface area contributed by atoms with Gasteiger partial charge in [0.25, 0.3) is 0 Å². The van der Waals surface area contributed by atoms with E-state index in [1.807, 2.05) is 6.20 Å². The van der Waals surface area contributed by atoms with Gasteiger partial charge in [0.05, 0.1) is 12.4 Å². The van der Waals surface area contributed by atoms with E-state index in [0.29, 0.717) is 5.65 Å². The summed E-state index contributed by atoms with van der Waals surface area (Å²) in [5.41, 5.74) is 0.710. The van der Waals surface area contributed by atoms with Crippen LogP contribution in [-0.4, -0.2) is 50.7 Å². The Kier molecular flexibility index (Phi) is 2.99. The van der Waals surface area contributed by atoms with Crippen LogP contribution < -0.4 is 10.2 Å². The van der Waals surface area contributed by atoms with Crippen LogP contribution in [0.25, 0.3) is 5.65 Å². The molecule has 2 aromatic heterocycles. The number of hydrogen-bond acceptors (Lipinski definition) is 6. The Bertz CT molecular complexity index is 581. The molecule has 1 atom stereocenters. The zero-order valence-electron chi connectivity index (χ0n) is 11.4. The molecule has 1 unspecified atom stereocenters. The molecule has 2 fully saturated rings. The summed E-state index contributed by atoms with van der Waals surface area (Å²) in [6.07, 6.45) is 8.69. The molecule has 0 spiro atoms. The predicted octanol–water partition coefficient (Wildman–Crippen LogP) is 0.488. The van der Waals surface area contributed by atoms with Gasteiger partial charge in [0, 0.05) is 19.1 Å². The first-order valence-electron chi connectivity index (χ1n) is 7.42. The lowest BCUT2D eigenvalue weighted by atomic mass is 9.88. The summed E-state index contributed by atoms with van der Waals surface area (Å²) in [4.78, 5) is 6.59. The first-order chi connectivity index (χ1) is 9.92. The van der Waals surface area contributed by atoms with Crippen molar-refractivity contribution in [2.24, 2.45) is 5.92 Å². The third-order valence-electron chi connectivity index (χ3n) is 4.62. The van der Waals surface area contributed by atoms with Gasteiger partial charge < -0.3 is 10.2 Å². The van der Waals surface area contributed by atoms with Crippen LogP contribution in [0, 0.1) is 5.92 Å². The molecule has 0 amide bonds. The van der Waals surface area contributed by atoms with Crippen molar-refractivity contribution in [3.05, 3.63) is 12.4 Å². The summed E-state index contributed by atoms with van der Waals surface area (Å²) in [7, 11) is 0. The fourth-order valence-electron chi connectivity index (χ4n) is 3.52. The summed E-state index contributed by atoms with van der Waals surface area (Å²) < 4.78 is 1.78. The lowest BCUT2D eigenvalue weighted by Gasteiger charge is -2.35. The Labute approximate surface area is 117 Å². The maximum atomic E-state index is 4.24. The molecule has 0 radical (unpaired) electrons. The van der Waals surface area contributed by atoms with Crippen LogP contribution in [0.5, 0.6) is 0 Å². The number of rotatable bonds is 2. The molecule has 2 aromatic rings. The minimum atomic E-state index is 0.710. The molecule has 2 aliphatic rings. The molecule has 0 bridgehead atoms. The highest BCUT2D eigenvalue weighted by Gasteiger charge is 2.29. The number of fused-ring (bicyclic) bond motifs is 1. The number of nitrogens with one attached hydrogen (secondary N) is 1. The van der Waals surface area contributed by atoms with Gasteiger partial charge in [-0.1, -0.05) is 0 Å². The Hall–Kier alpha value is -1.76. The molecule has 7 nitrogen and oxygen atoms in total. The minimum absolute atomic E-state index is 0.710. The number of anilines is 1. The summed E-state index contributed by atoms with van der Waals surface area (Å²) in [6, 6.07) is 0.735. The second-order valence-corrected chi connectivity index (χ2v) is 5.74. The van der Waals surface area contributed by atoms with E-state index < -0.39 is 0 Å². The standard InChI is InChI=1S/C13H19N7/c1-2-11(15-5-1)10-3-6-19(7-4-10)13-9-14-8-12-16-17-18-20(12)13/h8-11,15H,1-7H2. The Morgan fingerprint density at radius 1 is 1.15 bits per heavy atom. The highest BCUT2D eigenvalue weighted by molar-refractivity contribution is 5.46. The number of aromatic nitrogens is 5. The molecule has 0 aromatic carbocycles. The van der Waals surface area contributed by atoms with E-state index in [0.717, 1.165) is 30.9 Å². The third-order valence-corrected chi connectivity index (χ3v) is 4.62. The fourth-order valence-corrected chi connectivity index (χ4v) is 3.52. The van der Waals surface area contributed by atoms with Crippen molar-refractivity contribution in [3.8, 4) is 0 Å². The number of nitrogens with zero attached hydrogens (tertiary/aromatic N) is 6. The average Bonchev–Trinajstić information content (AvgIpc) is 3.18. The van der Waals surface area contributed by atoms with Crippen molar-refractivity contribution in [1.82, 2.24) is 30.3 Å². The van der Waals surface area contributed by atoms with Crippen molar-refractivity contribution >= 4 is 11.5 Å². The topological polar surface area (TPSA) is 71.2 Å². The van der Waals surface area contributed by atoms with E-state index in [1.165, 1.54) is 32.2 Å². The molecular formula is C13H19N7. The molecule has 0 saturated carbocycles. The van der Waals surface area contributed by atoms with Crippen LogP contribution in [0.3, 0.4) is 0 Å². The third kappa shape index (κ3) is 2.02. The van der Waals surface area contributed by atoms with E-state index in [4.69, 9.17) is 0 Å². The van der Waals surface area contributed by atoms with Crippen LogP contribution in [0.4, 0.5) is 5.82 Å². The average molecular weight is 273 g/mol. The number of piperidine rings is 1. The Balaban J connectivity index is 1.50. The van der Waals surface area contributed by atoms with Gasteiger partial charge in [-0.15, -0.1) is 5.10 Å². The maximum absolute atomic E-state index is 4.24. The number of hydrogen-bond donors (Lipinski definition) is 1. The molecular weight excluding hydrogens is 254 g/mol. The van der Waals surface area contributed by atoms with E-state index >= 15 is 0 Å². The summed E-state index contributed by atoms with van der Waals surface area (Å²) in [5.74, 6) is 1.82. The van der Waals surface area contributed by atoms with Gasteiger partial charge in [-0.05, 0) is 48.6 Å². The zero-order chi connectivity index (χ0) is 13.4. The highest BCUT2D eigenvalue weighted by Crippen LogP contribution is 2.27. The highest BCUT2D eigenvalue weighted by atomic mass is 15.5. The lowest BCUT2D eigenvalue weighted by molar-refractivity contribution is 0.318. The molecule has 2 saturated heterocycles. The Morgan fingerprint density at radius 3 is 2.85 bits per heavy atom. The summed E-state index contributed by atoms with van der Waals surface area (Å²) in [5, 5.41) is 15.4. The minimum Gasteiger partial charge on any atom is -0.355 e. The normalized spacial score (nSPS) is 24.6. The van der Waals surface area contributed by atoms with Crippen molar-refractivity contribution in [3.63, 3.8) is 0 Å². The smallest absolute Gasteiger partial charge is 0.199 e. The summed E-state index contributed by atoms with van der Waals surface area (Å²) in [6.45, 7) is 3.31. The quantitative estimate of drug-likeness (QED) is 0.858. The first kappa shape index (κ1) is 12.0. The van der Waals surface area contributed by atoms with Crippen molar-refractivity contribution in [2.75, 3.05) is 24.5 Å². The van der Waals surface area contributed by atoms with Crippen LogP contribution >= 0.6 is 0 Å². The van der Waals surface area contributed by atoms with Gasteiger partial charge in [0.2, 0.25) is 0 Å². The van der Waals surface area contributed by atoms with Crippen LogP contribution in [0.2, 0.25) is 0 Å². The first-order valence-corrected chi connectivity index (χ1v) is 7.42. The summed E-state index contributed by atoms with van der Waals surface area (Å²) >= 11 is 0. The van der Waals surface area contributed by atoms with Gasteiger partial charge in [0.15, 0.2) is 11.5 Å². The van der Waals surface area contributed by atoms with E-state index in [9.17, 15) is 0 Å². The van der Waals surface area contributed by atoms with E-state index in [1.54, 1.807) is 10.7 Å². The molecule has 2 aliphatic heterocycles.